The molecule has 10 aliphatic carbocycles. The first-order valence-electron chi connectivity index (χ1n) is 41.8. The minimum Gasteiger partial charge on any atom is -0.481 e. The number of pyridine rings is 5. The maximum Gasteiger partial charge on any atom is 0.319 e. The minimum absolute atomic E-state index is 0.0373. The number of aryl methyl sites for hydroxylation is 5. The summed E-state index contributed by atoms with van der Waals surface area (Å²) in [5.41, 5.74) is 13.0. The molecule has 0 amide bonds. The van der Waals surface area contributed by atoms with Crippen LogP contribution in [0.3, 0.4) is 0 Å². The molecule has 0 spiro atoms. The van der Waals surface area contributed by atoms with Gasteiger partial charge in [-0.25, -0.2) is 34.2 Å². The lowest BCUT2D eigenvalue weighted by molar-refractivity contribution is -0.129. The van der Waals surface area contributed by atoms with Gasteiger partial charge in [0, 0.05) is 95.8 Å². The topological polar surface area (TPSA) is 264 Å². The molecule has 0 fully saturated rings. The number of hydrogen-bond acceptors (Lipinski definition) is 19. The van der Waals surface area contributed by atoms with Crippen molar-refractivity contribution < 1.29 is 38.2 Å². The molecule has 123 heavy (non-hydrogen) atoms. The monoisotopic (exact) mass is 1660 g/mol. The molecule has 18 rings (SSSR count). The molecule has 0 aromatic carbocycles. The molecule has 0 aliphatic heterocycles. The van der Waals surface area contributed by atoms with Gasteiger partial charge in [-0.2, -0.15) is 15.0 Å². The Morgan fingerprint density at radius 2 is 0.789 bits per heavy atom. The largest absolute Gasteiger partial charge is 0.481 e. The number of ketones is 5. The molecule has 626 valence electrons. The zero-order chi connectivity index (χ0) is 88.6. The molecule has 23 nitrogen and oxygen atoms in total. The second-order valence-electron chi connectivity index (χ2n) is 36.6. The predicted octanol–water partition coefficient (Wildman–Crippen LogP) is 18.5. The second kappa shape index (κ2) is 32.7. The quantitative estimate of drug-likeness (QED) is 0.140. The zero-order valence-electron chi connectivity index (χ0n) is 73.0. The summed E-state index contributed by atoms with van der Waals surface area (Å²) in [5.74, 6) is 1.87. The summed E-state index contributed by atoms with van der Waals surface area (Å²) in [6.45, 7) is 67.1. The number of thiazole rings is 1. The fourth-order valence-electron chi connectivity index (χ4n) is 22.3. The van der Waals surface area contributed by atoms with Crippen molar-refractivity contribution >= 4 is 40.3 Å². The van der Waals surface area contributed by atoms with E-state index in [9.17, 15) is 24.0 Å². The van der Waals surface area contributed by atoms with Crippen LogP contribution in [0.4, 0.5) is 0 Å². The van der Waals surface area contributed by atoms with Gasteiger partial charge in [-0.15, -0.1) is 11.3 Å². The van der Waals surface area contributed by atoms with Crippen LogP contribution in [0, 0.1) is 104 Å². The van der Waals surface area contributed by atoms with Crippen LogP contribution in [0.2, 0.25) is 0 Å². The Kier molecular flexibility index (Phi) is 23.1. The van der Waals surface area contributed by atoms with Crippen LogP contribution in [0.1, 0.15) is 189 Å². The van der Waals surface area contributed by atoms with E-state index in [1.807, 2.05) is 148 Å². The summed E-state index contributed by atoms with van der Waals surface area (Å²) in [7, 11) is 4.70. The van der Waals surface area contributed by atoms with Gasteiger partial charge in [0.2, 0.25) is 40.2 Å². The molecule has 10 aliphatic rings. The van der Waals surface area contributed by atoms with Crippen molar-refractivity contribution in [2.45, 2.75) is 195 Å². The molecule has 0 N–H and O–H groups in total. The molecule has 0 saturated carbocycles. The van der Waals surface area contributed by atoms with E-state index in [1.54, 1.807) is 50.2 Å². The third kappa shape index (κ3) is 14.7. The number of fused-ring (bicyclic) bond motifs is 15. The number of ether oxygens (including phenoxy) is 3. The zero-order valence-corrected chi connectivity index (χ0v) is 73.9. The number of methoxy groups -OCH3 is 3. The van der Waals surface area contributed by atoms with Crippen LogP contribution in [0.15, 0.2) is 150 Å². The van der Waals surface area contributed by atoms with E-state index in [0.717, 1.165) is 143 Å². The van der Waals surface area contributed by atoms with Gasteiger partial charge in [-0.05, 0) is 167 Å². The Morgan fingerprint density at radius 3 is 1.18 bits per heavy atom. The van der Waals surface area contributed by atoms with Gasteiger partial charge < -0.3 is 38.2 Å². The molecule has 0 radical (unpaired) electrons. The van der Waals surface area contributed by atoms with Gasteiger partial charge in [0.15, 0.2) is 28.9 Å². The van der Waals surface area contributed by atoms with Crippen LogP contribution in [-0.4, -0.2) is 100 Å². The number of carbonyl (C=O) groups excluding carboxylic acids is 5. The number of Topliss-reactive ketones (excluding diaryl/α,β-unsaturated/α-hetero) is 5. The molecular formula is C99H101N15O8S. The minimum atomic E-state index is -0.566. The lowest BCUT2D eigenvalue weighted by Gasteiger charge is -2.50. The Hall–Kier alpha value is -12.6. The molecule has 0 unspecified atom stereocenters. The first-order valence-corrected chi connectivity index (χ1v) is 42.7. The molecule has 8 aromatic heterocycles. The number of allylic oxidation sites excluding steroid dienone is 10. The van der Waals surface area contributed by atoms with E-state index in [-0.39, 0.29) is 105 Å². The van der Waals surface area contributed by atoms with E-state index in [1.165, 1.54) is 23.8 Å². The van der Waals surface area contributed by atoms with Crippen molar-refractivity contribution in [2.75, 3.05) is 21.3 Å². The van der Waals surface area contributed by atoms with Crippen molar-refractivity contribution in [3.05, 3.63) is 274 Å². The SMILES string of the molecule is [C-]#[N+]C1=C[C@]2(C)c3nc(-c4ccccn4)ccc3CC[C@H]2C(C)(C)C1=O.[C-]#[N+]C1=C[C@]2(C)c3nc(-c4ccncc4)ccc3CC[C@H]2C(C)(C)C1=O.[C-]#[N+]C1=C[C@]2(C)c3nc(-c4csc(C)n4)ccc3CC[C@H]2C(C)(C)C1=O.[C-]#[N+]C1=C[C@]2(C)c3nc(C)nc(OC)c3CC[C@H]2[C@H](C)C1=O.[C-]#[N+]C1=C[C@]2(C)c3nc(OC)nc(OC)c3CC[C@H]2[C@H](C)C1=O. The van der Waals surface area contributed by atoms with Crippen molar-refractivity contribution in [3.8, 4) is 51.8 Å². The van der Waals surface area contributed by atoms with E-state index in [2.05, 4.69) is 111 Å². The van der Waals surface area contributed by atoms with Gasteiger partial charge in [0.05, 0.1) is 116 Å². The molecule has 24 heteroatoms. The summed E-state index contributed by atoms with van der Waals surface area (Å²) in [6, 6.07) is 22.5. The standard InChI is InChI=1S/2C22H21N3O.C21H21N3OS.C17H19N3O3.C17H19N3O2/c1-21(2)18-8-6-15-5-7-16(14-9-11-24-12-10-14)25-19(15)22(18,3)13-17(23-4)20(21)26;1-21(2)18-11-9-14-8-10-16(15-7-5-6-12-24-15)25-19(14)22(18,3)13-17(23-4)20(21)26;1-12-23-16(11-26-12)14-8-6-13-7-9-17-20(2,3)19(25)15(22-5)10-21(17,4)18(13)24-14;1-9-11-7-6-10-14(19-16(23-5)20-15(10)22-4)17(11,2)8-12(18-3)13(9)21;1-9-12-7-6-11-15(19-10(2)20-16(11)22-5)17(12,3)8-13(18-4)14(9)21/h5,7,9-13,18H,6,8H2,1-3H3;5-8,10,12-13,18H,9,11H2,1-3H3;6,8,10-11,17H,7,9H2,1-4H3;8-9,11H,6-7H2,1-2,4-5H3;8-9,12H,6-7H2,1-3,5H3/t2*18-,22-;17-,21-;9-,11-,17-;9-,12-,17-/m00000/s1. The van der Waals surface area contributed by atoms with Crippen molar-refractivity contribution in [2.24, 2.45) is 57.7 Å². The second-order valence-corrected chi connectivity index (χ2v) is 37.7. The lowest BCUT2D eigenvalue weighted by Crippen LogP contribution is -2.51. The highest BCUT2D eigenvalue weighted by Gasteiger charge is 2.59. The van der Waals surface area contributed by atoms with Gasteiger partial charge >= 0.3 is 6.01 Å². The Bertz CT molecular complexity index is 5960. The Morgan fingerprint density at radius 1 is 0.390 bits per heavy atom. The highest BCUT2D eigenvalue weighted by atomic mass is 32.1. The highest BCUT2D eigenvalue weighted by Crippen LogP contribution is 2.60. The average Bonchev–Trinajstić information content (AvgIpc) is 0.867. The molecule has 0 bridgehead atoms. The van der Waals surface area contributed by atoms with E-state index in [4.69, 9.17) is 62.0 Å². The van der Waals surface area contributed by atoms with Crippen LogP contribution >= 0.6 is 11.3 Å². The number of rotatable bonds is 6. The van der Waals surface area contributed by atoms with Crippen molar-refractivity contribution in [1.29, 1.82) is 0 Å². The third-order valence-electron chi connectivity index (χ3n) is 28.5. The van der Waals surface area contributed by atoms with Gasteiger partial charge in [0.1, 0.15) is 5.82 Å². The highest BCUT2D eigenvalue weighted by molar-refractivity contribution is 7.09. The van der Waals surface area contributed by atoms with E-state index < -0.39 is 43.3 Å². The third-order valence-corrected chi connectivity index (χ3v) is 29.3. The van der Waals surface area contributed by atoms with Gasteiger partial charge in [-0.1, -0.05) is 145 Å². The van der Waals surface area contributed by atoms with Crippen LogP contribution in [-0.2, 0) is 83.2 Å². The fourth-order valence-corrected chi connectivity index (χ4v) is 22.9. The maximum atomic E-state index is 12.8. The molecule has 0 saturated heterocycles. The first kappa shape index (κ1) is 86.8. The predicted molar refractivity (Wildman–Crippen MR) is 467 cm³/mol. The van der Waals surface area contributed by atoms with Crippen LogP contribution in [0.5, 0.6) is 17.8 Å². The summed E-state index contributed by atoms with van der Waals surface area (Å²) in [4.78, 5) is 126. The van der Waals surface area contributed by atoms with Gasteiger partial charge in [0.25, 0.3) is 0 Å². The Labute approximate surface area is 723 Å². The Balaban J connectivity index is 0.000000126. The number of aromatic nitrogens is 10. The smallest absolute Gasteiger partial charge is 0.319 e. The van der Waals surface area contributed by atoms with Crippen LogP contribution < -0.4 is 14.2 Å². The summed E-state index contributed by atoms with van der Waals surface area (Å²) in [6.07, 6.45) is 23.3. The van der Waals surface area contributed by atoms with E-state index in [0.29, 0.717) is 17.6 Å². The molecule has 12 atom stereocenters. The lowest BCUT2D eigenvalue weighted by atomic mass is 9.53. The van der Waals surface area contributed by atoms with E-state index >= 15 is 0 Å². The number of carbonyl (C=O) groups is 5. The molecule has 8 heterocycles. The number of hydrogen-bond donors (Lipinski definition) is 0. The maximum absolute atomic E-state index is 12.8. The average molecular weight is 1660 g/mol. The summed E-state index contributed by atoms with van der Waals surface area (Å²) < 4.78 is 16.0. The number of nitrogens with zero attached hydrogens (tertiary/aromatic N) is 15. The summed E-state index contributed by atoms with van der Waals surface area (Å²) in [5, 5.41) is 3.05. The molecular weight excluding hydrogens is 1560 g/mol. The first-order chi connectivity index (χ1) is 58.4. The summed E-state index contributed by atoms with van der Waals surface area (Å²) >= 11 is 1.62. The van der Waals surface area contributed by atoms with Crippen LogP contribution in [0.25, 0.3) is 58.3 Å². The van der Waals surface area contributed by atoms with Gasteiger partial charge in [-0.3, -0.25) is 24.9 Å². The molecule has 8 aromatic rings. The van der Waals surface area contributed by atoms with Crippen molar-refractivity contribution in [1.82, 2.24) is 49.8 Å². The normalized spacial score (nSPS) is 27.5. The van der Waals surface area contributed by atoms with Crippen molar-refractivity contribution in [3.63, 3.8) is 0 Å². The fraction of sp³-hybridized carbons (Fsp3) is 0.434.